The molecule has 1 aliphatic rings. The zero-order valence-electron chi connectivity index (χ0n) is 11.1. The first-order valence-corrected chi connectivity index (χ1v) is 8.35. The minimum absolute atomic E-state index is 0.309. The Morgan fingerprint density at radius 1 is 1.00 bits per heavy atom. The molecule has 0 unspecified atom stereocenters. The van der Waals surface area contributed by atoms with E-state index < -0.39 is 0 Å². The summed E-state index contributed by atoms with van der Waals surface area (Å²) in [5, 5.41) is 6.67. The zero-order chi connectivity index (χ0) is 13.1. The predicted molar refractivity (Wildman–Crippen MR) is 82.7 cm³/mol. The van der Waals surface area contributed by atoms with Gasteiger partial charge in [-0.05, 0) is 29.9 Å². The van der Waals surface area contributed by atoms with Crippen LogP contribution in [0.4, 0.5) is 0 Å². The number of nitrogens with one attached hydrogen (secondary N) is 1. The molecule has 0 bridgehead atoms. The lowest BCUT2D eigenvalue weighted by Gasteiger charge is -2.35. The molecule has 1 fully saturated rings. The lowest BCUT2D eigenvalue weighted by atomic mass is 10.2. The van der Waals surface area contributed by atoms with Gasteiger partial charge in [0.2, 0.25) is 0 Å². The molecule has 5 heteroatoms. The third-order valence-corrected chi connectivity index (χ3v) is 5.34. The molecule has 19 heavy (non-hydrogen) atoms. The summed E-state index contributed by atoms with van der Waals surface area (Å²) in [7, 11) is 2.19. The van der Waals surface area contributed by atoms with Crippen molar-refractivity contribution in [2.75, 3.05) is 33.2 Å². The van der Waals surface area contributed by atoms with Gasteiger partial charge in [-0.15, -0.1) is 22.7 Å². The normalized spacial score (nSPS) is 18.2. The van der Waals surface area contributed by atoms with Crippen molar-refractivity contribution in [3.8, 4) is 0 Å². The minimum Gasteiger partial charge on any atom is -0.304 e. The highest BCUT2D eigenvalue weighted by Crippen LogP contribution is 2.29. The molecule has 3 rings (SSSR count). The number of hydrogen-bond acceptors (Lipinski definition) is 5. The van der Waals surface area contributed by atoms with Gasteiger partial charge in [0.25, 0.3) is 0 Å². The lowest BCUT2D eigenvalue weighted by Crippen LogP contribution is -2.51. The summed E-state index contributed by atoms with van der Waals surface area (Å²) in [5.41, 5.74) is 3.71. The van der Waals surface area contributed by atoms with Crippen LogP contribution in [0, 0.1) is 0 Å². The average Bonchev–Trinajstić information content (AvgIpc) is 3.11. The Hall–Kier alpha value is -0.720. The van der Waals surface area contributed by atoms with Crippen molar-refractivity contribution in [3.05, 3.63) is 44.8 Å². The van der Waals surface area contributed by atoms with Gasteiger partial charge in [0.05, 0.1) is 6.04 Å². The number of thiophene rings is 2. The van der Waals surface area contributed by atoms with Crippen molar-refractivity contribution in [3.63, 3.8) is 0 Å². The molecule has 0 spiro atoms. The van der Waals surface area contributed by atoms with Crippen molar-refractivity contribution in [2.24, 2.45) is 0 Å². The molecular weight excluding hydrogens is 274 g/mol. The van der Waals surface area contributed by atoms with Gasteiger partial charge in [0.15, 0.2) is 0 Å². The third kappa shape index (κ3) is 3.24. The van der Waals surface area contributed by atoms with Gasteiger partial charge in [-0.2, -0.15) is 0 Å². The summed E-state index contributed by atoms with van der Waals surface area (Å²) in [4.78, 5) is 5.16. The first kappa shape index (κ1) is 13.3. The van der Waals surface area contributed by atoms with E-state index in [4.69, 9.17) is 0 Å². The van der Waals surface area contributed by atoms with Gasteiger partial charge in [-0.25, -0.2) is 10.4 Å². The first-order chi connectivity index (χ1) is 9.33. The van der Waals surface area contributed by atoms with Gasteiger partial charge < -0.3 is 4.90 Å². The topological polar surface area (TPSA) is 18.5 Å². The van der Waals surface area contributed by atoms with Crippen LogP contribution in [-0.2, 0) is 0 Å². The van der Waals surface area contributed by atoms with Crippen LogP contribution in [0.25, 0.3) is 0 Å². The molecule has 0 aliphatic carbocycles. The summed E-state index contributed by atoms with van der Waals surface area (Å²) in [6.45, 7) is 4.44. The van der Waals surface area contributed by atoms with E-state index in [9.17, 15) is 0 Å². The summed E-state index contributed by atoms with van der Waals surface area (Å²) in [6.07, 6.45) is 0. The maximum atomic E-state index is 3.71. The van der Waals surface area contributed by atoms with Crippen LogP contribution >= 0.6 is 22.7 Å². The second-order valence-electron chi connectivity index (χ2n) is 4.88. The molecule has 0 saturated carbocycles. The third-order valence-electron chi connectivity index (χ3n) is 3.47. The number of rotatable bonds is 4. The van der Waals surface area contributed by atoms with Crippen molar-refractivity contribution in [1.29, 1.82) is 0 Å². The molecule has 1 aliphatic heterocycles. The summed E-state index contributed by atoms with van der Waals surface area (Å²) in [5.74, 6) is 0. The van der Waals surface area contributed by atoms with E-state index in [-0.39, 0.29) is 0 Å². The Bertz CT molecular complexity index is 439. The quantitative estimate of drug-likeness (QED) is 0.935. The highest BCUT2D eigenvalue weighted by Gasteiger charge is 2.21. The number of hydrazine groups is 1. The fourth-order valence-corrected chi connectivity index (χ4v) is 3.95. The monoisotopic (exact) mass is 293 g/mol. The van der Waals surface area contributed by atoms with Gasteiger partial charge >= 0.3 is 0 Å². The molecule has 0 atom stereocenters. The lowest BCUT2D eigenvalue weighted by molar-refractivity contribution is 0.0944. The number of hydrogen-bond donors (Lipinski definition) is 1. The second kappa shape index (κ2) is 6.15. The fraction of sp³-hybridized carbons (Fsp3) is 0.429. The zero-order valence-corrected chi connectivity index (χ0v) is 12.7. The van der Waals surface area contributed by atoms with Crippen molar-refractivity contribution in [1.82, 2.24) is 15.3 Å². The van der Waals surface area contributed by atoms with Crippen LogP contribution < -0.4 is 5.43 Å². The predicted octanol–water partition coefficient (Wildman–Crippen LogP) is 2.65. The second-order valence-corrected chi connectivity index (χ2v) is 6.84. The standard InChI is InChI=1S/C14H19N3S2/c1-16-6-8-17(9-7-16)15-14(12-4-2-10-18-12)13-5-3-11-19-13/h2-5,10-11,14-15H,6-9H2,1H3. The fourth-order valence-electron chi connectivity index (χ4n) is 2.30. The Morgan fingerprint density at radius 3 is 2.05 bits per heavy atom. The van der Waals surface area contributed by atoms with Crippen molar-refractivity contribution in [2.45, 2.75) is 6.04 Å². The van der Waals surface area contributed by atoms with Gasteiger partial charge in [-0.1, -0.05) is 12.1 Å². The van der Waals surface area contributed by atoms with E-state index in [0.29, 0.717) is 6.04 Å². The molecule has 0 aromatic carbocycles. The Balaban J connectivity index is 1.73. The van der Waals surface area contributed by atoms with Crippen LogP contribution in [0.3, 0.4) is 0 Å². The van der Waals surface area contributed by atoms with Crippen LogP contribution in [0.5, 0.6) is 0 Å². The largest absolute Gasteiger partial charge is 0.304 e. The Kier molecular flexibility index (Phi) is 4.30. The molecule has 102 valence electrons. The van der Waals surface area contributed by atoms with E-state index in [1.54, 1.807) is 0 Å². The molecular formula is C14H19N3S2. The van der Waals surface area contributed by atoms with E-state index >= 15 is 0 Å². The van der Waals surface area contributed by atoms with Gasteiger partial charge in [-0.3, -0.25) is 0 Å². The maximum Gasteiger partial charge on any atom is 0.0899 e. The van der Waals surface area contributed by atoms with Gasteiger partial charge in [0, 0.05) is 35.9 Å². The van der Waals surface area contributed by atoms with E-state index in [0.717, 1.165) is 26.2 Å². The Labute approximate surface area is 122 Å². The molecule has 3 heterocycles. The number of nitrogens with zero attached hydrogens (tertiary/aromatic N) is 2. The van der Waals surface area contributed by atoms with E-state index in [1.807, 2.05) is 22.7 Å². The van der Waals surface area contributed by atoms with Crippen LogP contribution in [0.15, 0.2) is 35.0 Å². The number of likely N-dealkylation sites (N-methyl/N-ethyl adjacent to an activating group) is 1. The van der Waals surface area contributed by atoms with Crippen LogP contribution in [0.1, 0.15) is 15.8 Å². The minimum atomic E-state index is 0.309. The SMILES string of the molecule is CN1CCN(NC(c2cccs2)c2cccs2)CC1. The molecule has 2 aromatic rings. The summed E-state index contributed by atoms with van der Waals surface area (Å²) >= 11 is 3.65. The molecule has 0 amide bonds. The molecule has 1 saturated heterocycles. The summed E-state index contributed by atoms with van der Waals surface area (Å²) < 4.78 is 0. The van der Waals surface area contributed by atoms with Crippen molar-refractivity contribution < 1.29 is 0 Å². The highest BCUT2D eigenvalue weighted by molar-refractivity contribution is 7.11. The number of piperazine rings is 1. The van der Waals surface area contributed by atoms with Crippen LogP contribution in [-0.4, -0.2) is 43.1 Å². The van der Waals surface area contributed by atoms with E-state index in [2.05, 4.69) is 57.4 Å². The molecule has 2 aromatic heterocycles. The Morgan fingerprint density at radius 2 is 1.58 bits per heavy atom. The maximum absolute atomic E-state index is 3.71. The smallest absolute Gasteiger partial charge is 0.0899 e. The molecule has 1 N–H and O–H groups in total. The first-order valence-electron chi connectivity index (χ1n) is 6.59. The molecule has 3 nitrogen and oxygen atoms in total. The van der Waals surface area contributed by atoms with E-state index in [1.165, 1.54) is 9.75 Å². The average molecular weight is 293 g/mol. The van der Waals surface area contributed by atoms with Gasteiger partial charge in [0.1, 0.15) is 0 Å². The van der Waals surface area contributed by atoms with Crippen LogP contribution in [0.2, 0.25) is 0 Å². The highest BCUT2D eigenvalue weighted by atomic mass is 32.1. The molecule has 0 radical (unpaired) electrons. The summed E-state index contributed by atoms with van der Waals surface area (Å²) in [6, 6.07) is 9.01. The van der Waals surface area contributed by atoms with Crippen molar-refractivity contribution >= 4 is 22.7 Å².